The van der Waals surface area contributed by atoms with Gasteiger partial charge < -0.3 is 9.47 Å². The summed E-state index contributed by atoms with van der Waals surface area (Å²) in [6.45, 7) is 4.82. The van der Waals surface area contributed by atoms with E-state index >= 15 is 0 Å². The van der Waals surface area contributed by atoms with Crippen molar-refractivity contribution in [1.82, 2.24) is 9.40 Å². The number of thiazole rings is 1. The number of ether oxygens (including phenoxy) is 2. The van der Waals surface area contributed by atoms with Crippen LogP contribution in [-0.2, 0) is 14.8 Å². The number of rotatable bonds is 6. The van der Waals surface area contributed by atoms with E-state index in [2.05, 4.69) is 10.4 Å². The van der Waals surface area contributed by atoms with Gasteiger partial charge in [-0.1, -0.05) is 11.6 Å². The number of carbonyl (C=O) groups is 1. The molecule has 1 N–H and O–H groups in total. The quantitative estimate of drug-likeness (QED) is 0.259. The molecule has 0 spiro atoms. The van der Waals surface area contributed by atoms with Crippen LogP contribution < -0.4 is 10.2 Å². The van der Waals surface area contributed by atoms with Crippen molar-refractivity contribution in [3.05, 3.63) is 61.4 Å². The third kappa shape index (κ3) is 6.29. The summed E-state index contributed by atoms with van der Waals surface area (Å²) in [7, 11) is -4.50. The standard InChI is InChI=1S/C21H18ClIN4O5S2/c1-21(2,3)32-20(28)27(26-19-11-33-12-25-19)34(29,30)15-5-7-17(13(8-15)10-24)31-18-6-4-14(22)9-16(18)23/h4-9,11-12,26H,1-3H3. The summed E-state index contributed by atoms with van der Waals surface area (Å²) in [4.78, 5) is 16.4. The Labute approximate surface area is 219 Å². The minimum absolute atomic E-state index is 0.0513. The minimum atomic E-state index is -4.50. The van der Waals surface area contributed by atoms with E-state index < -0.39 is 21.7 Å². The fourth-order valence-electron chi connectivity index (χ4n) is 2.51. The molecule has 2 aromatic carbocycles. The summed E-state index contributed by atoms with van der Waals surface area (Å²) in [5.74, 6) is 0.716. The maximum Gasteiger partial charge on any atom is 0.444 e. The van der Waals surface area contributed by atoms with Crippen molar-refractivity contribution in [2.24, 2.45) is 0 Å². The number of amides is 1. The highest BCUT2D eigenvalue weighted by Crippen LogP contribution is 2.32. The Bertz CT molecular complexity index is 1350. The van der Waals surface area contributed by atoms with Crippen molar-refractivity contribution in [3.8, 4) is 17.6 Å². The maximum absolute atomic E-state index is 13.4. The molecule has 0 unspecified atom stereocenters. The number of sulfonamides is 1. The van der Waals surface area contributed by atoms with Crippen molar-refractivity contribution in [2.75, 3.05) is 5.43 Å². The van der Waals surface area contributed by atoms with Crippen molar-refractivity contribution in [3.63, 3.8) is 0 Å². The van der Waals surface area contributed by atoms with Crippen molar-refractivity contribution >= 4 is 67.5 Å². The molecule has 0 aliphatic rings. The Morgan fingerprint density at radius 2 is 1.94 bits per heavy atom. The first-order chi connectivity index (χ1) is 15.9. The van der Waals surface area contributed by atoms with Gasteiger partial charge in [0.1, 0.15) is 23.2 Å². The number of carbonyl (C=O) groups excluding carboxylic acids is 1. The number of anilines is 1. The number of hydrogen-bond donors (Lipinski definition) is 1. The van der Waals surface area contributed by atoms with Crippen LogP contribution in [-0.4, -0.2) is 29.5 Å². The molecule has 3 aromatic rings. The first-order valence-electron chi connectivity index (χ1n) is 9.51. The number of nitrogens with one attached hydrogen (secondary N) is 1. The lowest BCUT2D eigenvalue weighted by Gasteiger charge is -2.27. The number of benzene rings is 2. The topological polar surface area (TPSA) is 122 Å². The van der Waals surface area contributed by atoms with Gasteiger partial charge in [0.05, 0.1) is 19.5 Å². The van der Waals surface area contributed by atoms with Gasteiger partial charge in [-0.15, -0.1) is 15.8 Å². The van der Waals surface area contributed by atoms with Gasteiger partial charge in [-0.05, 0) is 79.8 Å². The molecule has 0 saturated heterocycles. The summed E-state index contributed by atoms with van der Waals surface area (Å²) in [5.41, 5.74) is 2.93. The number of hydrazine groups is 1. The Balaban J connectivity index is 1.99. The van der Waals surface area contributed by atoms with Gasteiger partial charge in [-0.3, -0.25) is 5.43 Å². The van der Waals surface area contributed by atoms with Crippen molar-refractivity contribution in [1.29, 1.82) is 5.26 Å². The molecule has 3 rings (SSSR count). The number of nitrogens with zero attached hydrogens (tertiary/aromatic N) is 3. The zero-order valence-electron chi connectivity index (χ0n) is 18.1. The normalized spacial score (nSPS) is 11.4. The number of halogens is 2. The second kappa shape index (κ2) is 10.3. The van der Waals surface area contributed by atoms with E-state index in [-0.39, 0.29) is 22.0 Å². The highest BCUT2D eigenvalue weighted by atomic mass is 127. The Morgan fingerprint density at radius 1 is 1.24 bits per heavy atom. The van der Waals surface area contributed by atoms with Gasteiger partial charge in [0.2, 0.25) is 0 Å². The molecule has 1 amide bonds. The Hall–Kier alpha value is -2.60. The van der Waals surface area contributed by atoms with Crippen LogP contribution in [0, 0.1) is 14.9 Å². The summed E-state index contributed by atoms with van der Waals surface area (Å²) in [6.07, 6.45) is -1.16. The molecule has 34 heavy (non-hydrogen) atoms. The third-order valence-corrected chi connectivity index (χ3v) is 7.17. The molecule has 1 aromatic heterocycles. The van der Waals surface area contributed by atoms with Crippen LogP contribution in [0.4, 0.5) is 10.6 Å². The van der Waals surface area contributed by atoms with Gasteiger partial charge in [0.15, 0.2) is 5.82 Å². The summed E-state index contributed by atoms with van der Waals surface area (Å²) >= 11 is 9.20. The van der Waals surface area contributed by atoms with Gasteiger partial charge in [0, 0.05) is 10.4 Å². The number of nitriles is 1. The molecule has 0 radical (unpaired) electrons. The second-order valence-electron chi connectivity index (χ2n) is 7.68. The zero-order valence-corrected chi connectivity index (χ0v) is 22.6. The van der Waals surface area contributed by atoms with Crippen LogP contribution in [0.1, 0.15) is 26.3 Å². The predicted molar refractivity (Wildman–Crippen MR) is 136 cm³/mol. The molecule has 0 atom stereocenters. The average molecular weight is 633 g/mol. The van der Waals surface area contributed by atoms with Crippen LogP contribution in [0.2, 0.25) is 5.02 Å². The fraction of sp³-hybridized carbons (Fsp3) is 0.190. The van der Waals surface area contributed by atoms with Gasteiger partial charge in [-0.2, -0.15) is 13.7 Å². The van der Waals surface area contributed by atoms with Crippen molar-refractivity contribution in [2.45, 2.75) is 31.3 Å². The summed E-state index contributed by atoms with van der Waals surface area (Å²) < 4.78 is 38.9. The first kappa shape index (κ1) is 26.0. The zero-order chi connectivity index (χ0) is 25.1. The number of hydrogen-bond acceptors (Lipinski definition) is 9. The average Bonchev–Trinajstić information content (AvgIpc) is 3.26. The smallest absolute Gasteiger partial charge is 0.444 e. The molecule has 9 nitrogen and oxygen atoms in total. The highest BCUT2D eigenvalue weighted by molar-refractivity contribution is 14.1. The molecule has 0 aliphatic carbocycles. The van der Waals surface area contributed by atoms with E-state index in [0.29, 0.717) is 18.8 Å². The van der Waals surface area contributed by atoms with Crippen LogP contribution in [0.25, 0.3) is 0 Å². The molecule has 13 heteroatoms. The van der Waals surface area contributed by atoms with E-state index in [1.165, 1.54) is 34.4 Å². The van der Waals surface area contributed by atoms with Crippen LogP contribution in [0.15, 0.2) is 52.2 Å². The molecule has 0 aliphatic heterocycles. The maximum atomic E-state index is 13.4. The molecule has 0 bridgehead atoms. The molecule has 0 fully saturated rings. The minimum Gasteiger partial charge on any atom is -0.455 e. The SMILES string of the molecule is CC(C)(C)OC(=O)N(Nc1cscn1)S(=O)(=O)c1ccc(Oc2ccc(Cl)cc2I)c(C#N)c1. The molecular weight excluding hydrogens is 615 g/mol. The summed E-state index contributed by atoms with van der Waals surface area (Å²) in [5, 5.41) is 11.7. The summed E-state index contributed by atoms with van der Waals surface area (Å²) in [6, 6.07) is 10.6. The molecular formula is C21H18ClIN4O5S2. The lowest BCUT2D eigenvalue weighted by atomic mass is 10.2. The lowest BCUT2D eigenvalue weighted by molar-refractivity contribution is 0.0418. The third-order valence-electron chi connectivity index (χ3n) is 3.93. The van der Waals surface area contributed by atoms with Gasteiger partial charge in [-0.25, -0.2) is 9.78 Å². The second-order valence-corrected chi connectivity index (χ2v) is 11.8. The van der Waals surface area contributed by atoms with Crippen LogP contribution >= 0.6 is 45.5 Å². The molecule has 0 saturated carbocycles. The lowest BCUT2D eigenvalue weighted by Crippen LogP contribution is -2.44. The largest absolute Gasteiger partial charge is 0.455 e. The first-order valence-corrected chi connectivity index (χ1v) is 13.3. The van der Waals surface area contributed by atoms with Gasteiger partial charge >= 0.3 is 6.09 Å². The number of aromatic nitrogens is 1. The van der Waals surface area contributed by atoms with E-state index in [0.717, 1.165) is 6.07 Å². The van der Waals surface area contributed by atoms with E-state index in [4.69, 9.17) is 21.1 Å². The Morgan fingerprint density at radius 3 is 2.53 bits per heavy atom. The van der Waals surface area contributed by atoms with Crippen LogP contribution in [0.5, 0.6) is 11.5 Å². The molecule has 178 valence electrons. The van der Waals surface area contributed by atoms with Crippen LogP contribution in [0.3, 0.4) is 0 Å². The fourth-order valence-corrected chi connectivity index (χ4v) is 5.13. The van der Waals surface area contributed by atoms with Gasteiger partial charge in [0.25, 0.3) is 10.0 Å². The molecule has 1 heterocycles. The van der Waals surface area contributed by atoms with E-state index in [9.17, 15) is 18.5 Å². The highest BCUT2D eigenvalue weighted by Gasteiger charge is 2.34. The monoisotopic (exact) mass is 632 g/mol. The van der Waals surface area contributed by atoms with Crippen molar-refractivity contribution < 1.29 is 22.7 Å². The Kier molecular flexibility index (Phi) is 7.91. The van der Waals surface area contributed by atoms with E-state index in [1.807, 2.05) is 28.7 Å². The predicted octanol–water partition coefficient (Wildman–Crippen LogP) is 6.02. The van der Waals surface area contributed by atoms with E-state index in [1.54, 1.807) is 39.0 Å².